The number of nitrogens with zero attached hydrogens (tertiary/aromatic N) is 1. The number of rotatable bonds is 6. The second-order valence-corrected chi connectivity index (χ2v) is 6.41. The summed E-state index contributed by atoms with van der Waals surface area (Å²) in [6.45, 7) is 22.0. The number of carbonyl (C=O) groups is 1. The zero-order chi connectivity index (χ0) is 22.9. The van der Waals surface area contributed by atoms with Crippen LogP contribution < -0.4 is 0 Å². The normalized spacial score (nSPS) is 22.0. The maximum atomic E-state index is 12.2. The molecule has 2 bridgehead atoms. The SMILES string of the molecule is C=CC1=C(/C=C\C)C2(c3ccc(O)cc3)C(C=C)=C(C=C)C(C1)N2C=O.CC.CC. The molecule has 30 heavy (non-hydrogen) atoms. The number of allylic oxidation sites excluding steroid dienone is 2. The van der Waals surface area contributed by atoms with Gasteiger partial charge in [-0.15, -0.1) is 0 Å². The van der Waals surface area contributed by atoms with E-state index < -0.39 is 5.54 Å². The van der Waals surface area contributed by atoms with E-state index >= 15 is 0 Å². The molecule has 2 aliphatic rings. The number of phenolic OH excluding ortho intramolecular Hbond substituents is 1. The Morgan fingerprint density at radius 3 is 2.03 bits per heavy atom. The van der Waals surface area contributed by atoms with Crippen LogP contribution in [0.5, 0.6) is 5.75 Å². The first-order valence-electron chi connectivity index (χ1n) is 10.6. The number of phenols is 1. The molecule has 1 amide bonds. The lowest BCUT2D eigenvalue weighted by molar-refractivity contribution is -0.123. The maximum absolute atomic E-state index is 12.2. The fourth-order valence-corrected chi connectivity index (χ4v) is 4.37. The predicted molar refractivity (Wildman–Crippen MR) is 128 cm³/mol. The number of fused-ring (bicyclic) bond motifs is 2. The Labute approximate surface area is 182 Å². The van der Waals surface area contributed by atoms with Gasteiger partial charge < -0.3 is 10.0 Å². The fourth-order valence-electron chi connectivity index (χ4n) is 4.37. The van der Waals surface area contributed by atoms with Crippen molar-refractivity contribution in [1.29, 1.82) is 0 Å². The standard InChI is InChI=1S/C23H23NO2.2C2H6/c1-5-9-21-16(6-2)14-22-19(7-3)20(8-4)23(21,24(22)15-25)17-10-12-18(26)13-11-17;2*1-2/h5-13,15,22,26H,2-4,14H2,1H3;2*1-2H3/b9-5-;;. The third-order valence-corrected chi connectivity index (χ3v) is 5.33. The third-order valence-electron chi connectivity index (χ3n) is 5.33. The number of carbonyl (C=O) groups excluding carboxylic acids is 1. The Morgan fingerprint density at radius 2 is 1.60 bits per heavy atom. The van der Waals surface area contributed by atoms with Crippen LogP contribution in [-0.4, -0.2) is 22.5 Å². The second-order valence-electron chi connectivity index (χ2n) is 6.41. The highest BCUT2D eigenvalue weighted by Gasteiger charge is 2.55. The molecular formula is C27H35NO2. The molecule has 3 nitrogen and oxygen atoms in total. The summed E-state index contributed by atoms with van der Waals surface area (Å²) in [7, 11) is 0. The first-order chi connectivity index (χ1) is 14.6. The van der Waals surface area contributed by atoms with E-state index in [1.54, 1.807) is 12.1 Å². The Morgan fingerprint density at radius 1 is 1.00 bits per heavy atom. The summed E-state index contributed by atoms with van der Waals surface area (Å²) in [6.07, 6.45) is 11.1. The average Bonchev–Trinajstić information content (AvgIpc) is 3.01. The minimum atomic E-state index is -0.806. The van der Waals surface area contributed by atoms with Crippen LogP contribution in [0.1, 0.15) is 46.6 Å². The van der Waals surface area contributed by atoms with Gasteiger partial charge in [-0.3, -0.25) is 4.79 Å². The van der Waals surface area contributed by atoms with Crippen molar-refractivity contribution in [2.75, 3.05) is 0 Å². The van der Waals surface area contributed by atoms with Gasteiger partial charge in [-0.1, -0.05) is 89.9 Å². The van der Waals surface area contributed by atoms with Gasteiger partial charge in [-0.25, -0.2) is 0 Å². The van der Waals surface area contributed by atoms with E-state index in [-0.39, 0.29) is 11.8 Å². The first-order valence-corrected chi connectivity index (χ1v) is 10.6. The van der Waals surface area contributed by atoms with Gasteiger partial charge in [-0.05, 0) is 53.3 Å². The lowest BCUT2D eigenvalue weighted by Gasteiger charge is -2.46. The van der Waals surface area contributed by atoms with Gasteiger partial charge in [-0.2, -0.15) is 0 Å². The molecule has 3 heteroatoms. The summed E-state index contributed by atoms with van der Waals surface area (Å²) in [5.41, 5.74) is 4.12. The van der Waals surface area contributed by atoms with Crippen LogP contribution in [0.25, 0.3) is 0 Å². The molecule has 2 unspecified atom stereocenters. The maximum Gasteiger partial charge on any atom is 0.211 e. The Balaban J connectivity index is 0.00000106. The van der Waals surface area contributed by atoms with Crippen molar-refractivity contribution >= 4 is 6.41 Å². The number of amides is 1. The summed E-state index contributed by atoms with van der Waals surface area (Å²) in [5.74, 6) is 0.182. The topological polar surface area (TPSA) is 40.5 Å². The molecule has 1 aromatic rings. The molecule has 1 aromatic carbocycles. The summed E-state index contributed by atoms with van der Waals surface area (Å²) in [4.78, 5) is 14.1. The molecule has 0 spiro atoms. The van der Waals surface area contributed by atoms with Crippen molar-refractivity contribution in [2.24, 2.45) is 0 Å². The minimum Gasteiger partial charge on any atom is -0.508 e. The molecule has 0 fully saturated rings. The van der Waals surface area contributed by atoms with Crippen LogP contribution in [-0.2, 0) is 10.3 Å². The number of benzene rings is 1. The van der Waals surface area contributed by atoms with Gasteiger partial charge in [0.2, 0.25) is 6.41 Å². The minimum absolute atomic E-state index is 0.117. The molecule has 0 aliphatic carbocycles. The van der Waals surface area contributed by atoms with Crippen molar-refractivity contribution in [3.8, 4) is 5.75 Å². The highest BCUT2D eigenvalue weighted by molar-refractivity contribution is 5.72. The molecule has 2 aliphatic heterocycles. The lowest BCUT2D eigenvalue weighted by atomic mass is 9.73. The molecule has 1 N–H and O–H groups in total. The number of aromatic hydroxyl groups is 1. The van der Waals surface area contributed by atoms with E-state index in [9.17, 15) is 9.90 Å². The molecule has 0 radical (unpaired) electrons. The van der Waals surface area contributed by atoms with E-state index in [4.69, 9.17) is 0 Å². The van der Waals surface area contributed by atoms with Crippen LogP contribution in [0.3, 0.4) is 0 Å². The van der Waals surface area contributed by atoms with E-state index in [0.717, 1.165) is 34.3 Å². The second kappa shape index (κ2) is 11.2. The monoisotopic (exact) mass is 405 g/mol. The first kappa shape index (κ1) is 25.0. The zero-order valence-electron chi connectivity index (χ0n) is 19.0. The highest BCUT2D eigenvalue weighted by atomic mass is 16.3. The summed E-state index contributed by atoms with van der Waals surface area (Å²) < 4.78 is 0. The van der Waals surface area contributed by atoms with E-state index in [2.05, 4.69) is 19.7 Å². The van der Waals surface area contributed by atoms with Crippen LogP contribution in [0.2, 0.25) is 0 Å². The number of hydrogen-bond acceptors (Lipinski definition) is 2. The van der Waals surface area contributed by atoms with Gasteiger partial charge in [0.15, 0.2) is 0 Å². The molecule has 0 aromatic heterocycles. The summed E-state index contributed by atoms with van der Waals surface area (Å²) in [6, 6.07) is 6.88. The van der Waals surface area contributed by atoms with Crippen LogP contribution in [0.4, 0.5) is 0 Å². The van der Waals surface area contributed by atoms with Crippen molar-refractivity contribution in [3.63, 3.8) is 0 Å². The Bertz CT molecular complexity index is 871. The Kier molecular flexibility index (Phi) is 9.32. The van der Waals surface area contributed by atoms with Gasteiger partial charge in [0.25, 0.3) is 0 Å². The van der Waals surface area contributed by atoms with Gasteiger partial charge >= 0.3 is 0 Å². The molecule has 2 heterocycles. The Hall–Kier alpha value is -3.07. The molecule has 3 rings (SSSR count). The average molecular weight is 406 g/mol. The van der Waals surface area contributed by atoms with Crippen molar-refractivity contribution in [3.05, 3.63) is 102 Å². The van der Waals surface area contributed by atoms with E-state index in [1.807, 2.05) is 82.0 Å². The molecule has 0 saturated carbocycles. The summed E-state index contributed by atoms with van der Waals surface area (Å²) >= 11 is 0. The largest absolute Gasteiger partial charge is 0.508 e. The molecular weight excluding hydrogens is 370 g/mol. The smallest absolute Gasteiger partial charge is 0.211 e. The van der Waals surface area contributed by atoms with Gasteiger partial charge in [0.05, 0.1) is 6.04 Å². The fraction of sp³-hybridized carbons (Fsp3) is 0.296. The van der Waals surface area contributed by atoms with Crippen molar-refractivity contribution in [2.45, 2.75) is 52.6 Å². The quantitative estimate of drug-likeness (QED) is 0.541. The van der Waals surface area contributed by atoms with Crippen LogP contribution >= 0.6 is 0 Å². The van der Waals surface area contributed by atoms with E-state index in [0.29, 0.717) is 6.42 Å². The molecule has 0 saturated heterocycles. The molecule has 160 valence electrons. The zero-order valence-corrected chi connectivity index (χ0v) is 19.0. The van der Waals surface area contributed by atoms with Crippen LogP contribution in [0.15, 0.2) is 96.7 Å². The van der Waals surface area contributed by atoms with Crippen molar-refractivity contribution in [1.82, 2.24) is 4.90 Å². The molecule has 2 atom stereocenters. The third kappa shape index (κ3) is 3.72. The van der Waals surface area contributed by atoms with Crippen molar-refractivity contribution < 1.29 is 9.90 Å². The summed E-state index contributed by atoms with van der Waals surface area (Å²) in [5, 5.41) is 9.76. The predicted octanol–water partition coefficient (Wildman–Crippen LogP) is 6.61. The van der Waals surface area contributed by atoms with E-state index in [1.165, 1.54) is 0 Å². The van der Waals surface area contributed by atoms with Gasteiger partial charge in [0, 0.05) is 0 Å². The van der Waals surface area contributed by atoms with Gasteiger partial charge in [0.1, 0.15) is 11.3 Å². The highest BCUT2D eigenvalue weighted by Crippen LogP contribution is 2.56. The number of hydrogen-bond donors (Lipinski definition) is 1. The van der Waals surface area contributed by atoms with Crippen LogP contribution in [0, 0.1) is 0 Å². The lowest BCUT2D eigenvalue weighted by Crippen LogP contribution is -2.51.